The monoisotopic (exact) mass is 288 g/mol. The molecule has 0 aliphatic carbocycles. The van der Waals surface area contributed by atoms with Crippen molar-refractivity contribution in [2.45, 2.75) is 6.92 Å². The van der Waals surface area contributed by atoms with Crippen LogP contribution in [0.25, 0.3) is 22.8 Å². The van der Waals surface area contributed by atoms with Gasteiger partial charge in [-0.1, -0.05) is 5.16 Å². The number of hydrogen-bond donors (Lipinski definition) is 1. The highest BCUT2D eigenvalue weighted by Crippen LogP contribution is 2.29. The van der Waals surface area contributed by atoms with Crippen LogP contribution in [-0.2, 0) is 0 Å². The van der Waals surface area contributed by atoms with Crippen molar-refractivity contribution in [1.29, 1.82) is 0 Å². The molecule has 21 heavy (non-hydrogen) atoms. The predicted octanol–water partition coefficient (Wildman–Crippen LogP) is 2.97. The van der Waals surface area contributed by atoms with Crippen molar-refractivity contribution >= 4 is 5.69 Å². The fraction of sp³-hybridized carbons (Fsp3) is 0.0714. The van der Waals surface area contributed by atoms with Gasteiger partial charge in [-0.25, -0.2) is 8.78 Å². The minimum atomic E-state index is -1.03. The lowest BCUT2D eigenvalue weighted by molar-refractivity contribution is 0.431. The Kier molecular flexibility index (Phi) is 3.09. The third kappa shape index (κ3) is 2.33. The number of benzene rings is 1. The van der Waals surface area contributed by atoms with Gasteiger partial charge in [0.1, 0.15) is 0 Å². The number of anilines is 1. The maximum absolute atomic E-state index is 13.3. The molecule has 2 heterocycles. The van der Waals surface area contributed by atoms with Crippen molar-refractivity contribution in [3.63, 3.8) is 0 Å². The number of aryl methyl sites for hydroxylation is 1. The van der Waals surface area contributed by atoms with Gasteiger partial charge in [0.05, 0.1) is 5.56 Å². The zero-order valence-electron chi connectivity index (χ0n) is 11.0. The molecule has 0 saturated heterocycles. The van der Waals surface area contributed by atoms with Crippen molar-refractivity contribution in [3.8, 4) is 22.8 Å². The summed E-state index contributed by atoms with van der Waals surface area (Å²) in [4.78, 5) is 8.14. The first-order valence-electron chi connectivity index (χ1n) is 6.06. The van der Waals surface area contributed by atoms with Gasteiger partial charge in [-0.15, -0.1) is 0 Å². The van der Waals surface area contributed by atoms with Gasteiger partial charge in [0.15, 0.2) is 11.6 Å². The smallest absolute Gasteiger partial charge is 0.260 e. The lowest BCUT2D eigenvalue weighted by atomic mass is 10.1. The van der Waals surface area contributed by atoms with Crippen molar-refractivity contribution in [2.75, 3.05) is 5.73 Å². The van der Waals surface area contributed by atoms with Crippen LogP contribution in [0.5, 0.6) is 0 Å². The molecule has 2 N–H and O–H groups in total. The number of nitrogen functional groups attached to an aromatic ring is 1. The van der Waals surface area contributed by atoms with Crippen LogP contribution in [0.2, 0.25) is 0 Å². The first kappa shape index (κ1) is 13.2. The Hall–Kier alpha value is -2.83. The molecular formula is C14H10F2N4O. The molecule has 2 aromatic heterocycles. The average Bonchev–Trinajstić information content (AvgIpc) is 2.92. The van der Waals surface area contributed by atoms with E-state index in [1.165, 1.54) is 0 Å². The van der Waals surface area contributed by atoms with Crippen LogP contribution >= 0.6 is 0 Å². The van der Waals surface area contributed by atoms with E-state index in [-0.39, 0.29) is 17.1 Å². The Labute approximate surface area is 118 Å². The maximum Gasteiger partial charge on any atom is 0.260 e. The van der Waals surface area contributed by atoms with Crippen molar-refractivity contribution in [2.24, 2.45) is 0 Å². The van der Waals surface area contributed by atoms with Crippen molar-refractivity contribution in [3.05, 3.63) is 47.8 Å². The summed E-state index contributed by atoms with van der Waals surface area (Å²) in [6.07, 6.45) is 3.27. The fourth-order valence-corrected chi connectivity index (χ4v) is 1.91. The predicted molar refractivity (Wildman–Crippen MR) is 72.0 cm³/mol. The highest BCUT2D eigenvalue weighted by atomic mass is 19.2. The van der Waals surface area contributed by atoms with E-state index < -0.39 is 11.6 Å². The quantitative estimate of drug-likeness (QED) is 0.733. The topological polar surface area (TPSA) is 77.8 Å². The number of pyridine rings is 1. The summed E-state index contributed by atoms with van der Waals surface area (Å²) in [6.45, 7) is 1.85. The van der Waals surface area contributed by atoms with Gasteiger partial charge in [0.25, 0.3) is 5.89 Å². The molecule has 0 amide bonds. The van der Waals surface area contributed by atoms with Crippen molar-refractivity contribution < 1.29 is 13.3 Å². The molecular weight excluding hydrogens is 278 g/mol. The molecule has 0 aliphatic rings. The van der Waals surface area contributed by atoms with Crippen LogP contribution in [-0.4, -0.2) is 15.1 Å². The standard InChI is InChI=1S/C14H10F2N4O/c1-7-6-18-3-2-8(7)13-19-14(21-20-13)9-4-10(15)11(16)5-12(9)17/h2-6H,17H2,1H3. The molecule has 0 atom stereocenters. The molecule has 0 unspecified atom stereocenters. The average molecular weight is 288 g/mol. The van der Waals surface area contributed by atoms with E-state index in [4.69, 9.17) is 10.3 Å². The molecule has 3 aromatic rings. The van der Waals surface area contributed by atoms with Gasteiger partial charge < -0.3 is 10.3 Å². The van der Waals surface area contributed by atoms with Gasteiger partial charge >= 0.3 is 0 Å². The Bertz CT molecular complexity index is 816. The van der Waals surface area contributed by atoms with Crippen LogP contribution in [0, 0.1) is 18.6 Å². The van der Waals surface area contributed by atoms with Gasteiger partial charge in [0.2, 0.25) is 5.82 Å². The Morgan fingerprint density at radius 2 is 1.90 bits per heavy atom. The minimum absolute atomic E-state index is 0.0237. The highest BCUT2D eigenvalue weighted by molar-refractivity contribution is 5.72. The molecule has 3 rings (SSSR count). The zero-order valence-corrected chi connectivity index (χ0v) is 11.0. The van der Waals surface area contributed by atoms with Crippen LogP contribution in [0.3, 0.4) is 0 Å². The molecule has 5 nitrogen and oxygen atoms in total. The lowest BCUT2D eigenvalue weighted by Crippen LogP contribution is -1.95. The second-order valence-corrected chi connectivity index (χ2v) is 4.47. The highest BCUT2D eigenvalue weighted by Gasteiger charge is 2.17. The van der Waals surface area contributed by atoms with Gasteiger partial charge in [-0.05, 0) is 24.6 Å². The summed E-state index contributed by atoms with van der Waals surface area (Å²) in [7, 11) is 0. The molecule has 0 radical (unpaired) electrons. The van der Waals surface area contributed by atoms with Crippen LogP contribution in [0.4, 0.5) is 14.5 Å². The van der Waals surface area contributed by atoms with Gasteiger partial charge in [-0.2, -0.15) is 4.98 Å². The van der Waals surface area contributed by atoms with E-state index in [1.807, 2.05) is 6.92 Å². The molecule has 0 bridgehead atoms. The van der Waals surface area contributed by atoms with Crippen LogP contribution in [0.1, 0.15) is 5.56 Å². The minimum Gasteiger partial charge on any atom is -0.398 e. The van der Waals surface area contributed by atoms with E-state index in [0.29, 0.717) is 5.82 Å². The molecule has 7 heteroatoms. The number of nitrogens with two attached hydrogens (primary N) is 1. The van der Waals surface area contributed by atoms with Crippen molar-refractivity contribution in [1.82, 2.24) is 15.1 Å². The van der Waals surface area contributed by atoms with E-state index >= 15 is 0 Å². The summed E-state index contributed by atoms with van der Waals surface area (Å²) in [6, 6.07) is 3.55. The summed E-state index contributed by atoms with van der Waals surface area (Å²) >= 11 is 0. The van der Waals surface area contributed by atoms with E-state index in [2.05, 4.69) is 15.1 Å². The largest absolute Gasteiger partial charge is 0.398 e. The zero-order chi connectivity index (χ0) is 15.0. The van der Waals surface area contributed by atoms with E-state index in [1.54, 1.807) is 18.5 Å². The molecule has 0 saturated carbocycles. The number of aromatic nitrogens is 3. The van der Waals surface area contributed by atoms with E-state index in [0.717, 1.165) is 23.3 Å². The summed E-state index contributed by atoms with van der Waals surface area (Å²) in [5.74, 6) is -1.70. The van der Waals surface area contributed by atoms with E-state index in [9.17, 15) is 8.78 Å². The molecule has 0 spiro atoms. The Morgan fingerprint density at radius 1 is 1.14 bits per heavy atom. The second-order valence-electron chi connectivity index (χ2n) is 4.47. The van der Waals surface area contributed by atoms with Crippen LogP contribution in [0.15, 0.2) is 35.1 Å². The first-order valence-corrected chi connectivity index (χ1v) is 6.06. The summed E-state index contributed by atoms with van der Waals surface area (Å²) in [5, 5.41) is 3.83. The third-order valence-corrected chi connectivity index (χ3v) is 3.01. The lowest BCUT2D eigenvalue weighted by Gasteiger charge is -2.01. The number of hydrogen-bond acceptors (Lipinski definition) is 5. The molecule has 0 fully saturated rings. The molecule has 0 aliphatic heterocycles. The normalized spacial score (nSPS) is 10.8. The maximum atomic E-state index is 13.3. The molecule has 1 aromatic carbocycles. The number of rotatable bonds is 2. The van der Waals surface area contributed by atoms with Gasteiger partial charge in [0, 0.05) is 29.7 Å². The third-order valence-electron chi connectivity index (χ3n) is 3.01. The second kappa shape index (κ2) is 4.93. The number of nitrogens with zero attached hydrogens (tertiary/aromatic N) is 3. The fourth-order valence-electron chi connectivity index (χ4n) is 1.91. The molecule has 106 valence electrons. The Balaban J connectivity index is 2.07. The SMILES string of the molecule is Cc1cnccc1-c1noc(-c2cc(F)c(F)cc2N)n1. The number of halogens is 2. The van der Waals surface area contributed by atoms with Gasteiger partial charge in [-0.3, -0.25) is 4.98 Å². The first-order chi connectivity index (χ1) is 10.1. The summed E-state index contributed by atoms with van der Waals surface area (Å²) in [5.41, 5.74) is 7.43. The summed E-state index contributed by atoms with van der Waals surface area (Å²) < 4.78 is 31.5. The Morgan fingerprint density at radius 3 is 2.67 bits per heavy atom. The van der Waals surface area contributed by atoms with Crippen LogP contribution < -0.4 is 5.73 Å².